The van der Waals surface area contributed by atoms with E-state index in [0.717, 1.165) is 18.4 Å². The van der Waals surface area contributed by atoms with E-state index in [1.165, 1.54) is 11.1 Å². The molecule has 0 amide bonds. The van der Waals surface area contributed by atoms with Crippen LogP contribution in [0.15, 0.2) is 42.0 Å². The van der Waals surface area contributed by atoms with E-state index in [-0.39, 0.29) is 16.2 Å². The largest absolute Gasteiger partial charge is 0.294 e. The van der Waals surface area contributed by atoms with Crippen molar-refractivity contribution in [2.75, 3.05) is 0 Å². The number of carbonyl (C=O) groups is 1. The third kappa shape index (κ3) is 2.49. The lowest BCUT2D eigenvalue weighted by Crippen LogP contribution is -2.32. The predicted octanol–water partition coefficient (Wildman–Crippen LogP) is 5.95. The molecule has 0 saturated heterocycles. The van der Waals surface area contributed by atoms with Gasteiger partial charge in [-0.1, -0.05) is 84.0 Å². The Morgan fingerprint density at radius 3 is 2.21 bits per heavy atom. The molecule has 0 N–H and O–H groups in total. The molecule has 1 nitrogen and oxygen atoms in total. The highest BCUT2D eigenvalue weighted by atomic mass is 16.1. The predicted molar refractivity (Wildman–Crippen MR) is 102 cm³/mol. The third-order valence-corrected chi connectivity index (χ3v) is 6.71. The Hall–Kier alpha value is -1.63. The van der Waals surface area contributed by atoms with Crippen molar-refractivity contribution in [2.45, 2.75) is 59.8 Å². The number of hydrogen-bond donors (Lipinski definition) is 0. The van der Waals surface area contributed by atoms with Gasteiger partial charge in [-0.3, -0.25) is 4.79 Å². The van der Waals surface area contributed by atoms with Crippen molar-refractivity contribution in [3.05, 3.63) is 53.1 Å². The number of Topliss-reactive ketones (excluding diaryl/α,β-unsaturated/α-hetero) is 1. The maximum Gasteiger partial charge on any atom is 0.165 e. The van der Waals surface area contributed by atoms with Crippen LogP contribution >= 0.6 is 0 Å². The second-order valence-electron chi connectivity index (χ2n) is 9.33. The molecular formula is C23H30O. The van der Waals surface area contributed by atoms with Gasteiger partial charge in [-0.05, 0) is 46.3 Å². The van der Waals surface area contributed by atoms with Crippen molar-refractivity contribution in [2.24, 2.45) is 16.7 Å². The zero-order valence-corrected chi connectivity index (χ0v) is 15.9. The minimum Gasteiger partial charge on any atom is -0.294 e. The van der Waals surface area contributed by atoms with Crippen LogP contribution in [0.3, 0.4) is 0 Å². The summed E-state index contributed by atoms with van der Waals surface area (Å²) in [5, 5.41) is 0. The number of allylic oxidation sites excluding steroid dienone is 3. The Bertz CT molecular complexity index is 709. The second kappa shape index (κ2) is 5.44. The number of fused-ring (bicyclic) bond motifs is 2. The van der Waals surface area contributed by atoms with Crippen molar-refractivity contribution < 1.29 is 4.79 Å². The zero-order valence-electron chi connectivity index (χ0n) is 15.9. The van der Waals surface area contributed by atoms with Gasteiger partial charge in [0.1, 0.15) is 0 Å². The van der Waals surface area contributed by atoms with E-state index in [2.05, 4.69) is 84.0 Å². The summed E-state index contributed by atoms with van der Waals surface area (Å²) in [6, 6.07) is 8.70. The van der Waals surface area contributed by atoms with Gasteiger partial charge < -0.3 is 0 Å². The minimum atomic E-state index is -0.161. The molecule has 2 atom stereocenters. The van der Waals surface area contributed by atoms with Gasteiger partial charge in [0.05, 0.1) is 0 Å². The molecule has 24 heavy (non-hydrogen) atoms. The quantitative estimate of drug-likeness (QED) is 0.615. The molecule has 0 aromatic heterocycles. The molecule has 128 valence electrons. The summed E-state index contributed by atoms with van der Waals surface area (Å²) in [6.45, 7) is 13.4. The van der Waals surface area contributed by atoms with Crippen LogP contribution in [0.1, 0.15) is 65.5 Å². The first-order valence-corrected chi connectivity index (χ1v) is 9.11. The molecule has 0 radical (unpaired) electrons. The van der Waals surface area contributed by atoms with Crippen molar-refractivity contribution in [3.8, 4) is 0 Å². The Labute approximate surface area is 146 Å². The van der Waals surface area contributed by atoms with Gasteiger partial charge in [-0.2, -0.15) is 0 Å². The normalized spacial score (nSPS) is 30.7. The molecule has 0 heterocycles. The summed E-state index contributed by atoms with van der Waals surface area (Å²) >= 11 is 0. The summed E-state index contributed by atoms with van der Waals surface area (Å²) in [4.78, 5) is 12.8. The van der Waals surface area contributed by atoms with Gasteiger partial charge in [0.15, 0.2) is 5.78 Å². The molecule has 0 unspecified atom stereocenters. The molecule has 1 heteroatoms. The van der Waals surface area contributed by atoms with Crippen LogP contribution in [0.4, 0.5) is 0 Å². The molecule has 0 spiro atoms. The van der Waals surface area contributed by atoms with Crippen LogP contribution in [0, 0.1) is 16.7 Å². The van der Waals surface area contributed by atoms with Gasteiger partial charge in [0.2, 0.25) is 0 Å². The highest BCUT2D eigenvalue weighted by molar-refractivity contribution is 6.05. The lowest BCUT2D eigenvalue weighted by Gasteiger charge is -2.31. The van der Waals surface area contributed by atoms with Gasteiger partial charge in [0.25, 0.3) is 0 Å². The molecule has 0 aliphatic heterocycles. The molecule has 2 aliphatic rings. The average Bonchev–Trinajstić information content (AvgIpc) is 2.81. The van der Waals surface area contributed by atoms with Crippen LogP contribution in [0.5, 0.6) is 0 Å². The third-order valence-electron chi connectivity index (χ3n) is 6.71. The van der Waals surface area contributed by atoms with Crippen molar-refractivity contribution in [3.63, 3.8) is 0 Å². The van der Waals surface area contributed by atoms with Crippen LogP contribution in [0.2, 0.25) is 0 Å². The summed E-state index contributed by atoms with van der Waals surface area (Å²) in [5.74, 6) is 0.791. The topological polar surface area (TPSA) is 17.1 Å². The SMILES string of the molecule is CC(C)(C)c1ccc(/C=C/C=C2/C(=O)[C@]3(C)CC[C@H]2C3(C)C)cc1. The number of ketones is 1. The van der Waals surface area contributed by atoms with E-state index in [0.29, 0.717) is 11.7 Å². The maximum atomic E-state index is 12.8. The monoisotopic (exact) mass is 322 g/mol. The van der Waals surface area contributed by atoms with E-state index in [4.69, 9.17) is 0 Å². The molecule has 2 saturated carbocycles. The van der Waals surface area contributed by atoms with Crippen molar-refractivity contribution in [1.82, 2.24) is 0 Å². The Morgan fingerprint density at radius 1 is 1.08 bits per heavy atom. The fourth-order valence-electron chi connectivity index (χ4n) is 4.48. The second-order valence-corrected chi connectivity index (χ2v) is 9.33. The average molecular weight is 322 g/mol. The first-order valence-electron chi connectivity index (χ1n) is 9.11. The molecule has 1 aromatic rings. The number of rotatable bonds is 2. The molecule has 2 bridgehead atoms. The highest BCUT2D eigenvalue weighted by Crippen LogP contribution is 2.65. The zero-order chi connectivity index (χ0) is 17.8. The first-order chi connectivity index (χ1) is 11.1. The van der Waals surface area contributed by atoms with Gasteiger partial charge in [-0.25, -0.2) is 0 Å². The summed E-state index contributed by atoms with van der Waals surface area (Å²) < 4.78 is 0. The molecule has 2 fully saturated rings. The Kier molecular flexibility index (Phi) is 3.90. The number of carbonyl (C=O) groups excluding carboxylic acids is 1. The van der Waals surface area contributed by atoms with Crippen LogP contribution in [-0.4, -0.2) is 5.78 Å². The summed E-state index contributed by atoms with van der Waals surface area (Å²) in [7, 11) is 0. The minimum absolute atomic E-state index is 0.0954. The summed E-state index contributed by atoms with van der Waals surface area (Å²) in [6.07, 6.45) is 8.42. The number of benzene rings is 1. The lowest BCUT2D eigenvalue weighted by molar-refractivity contribution is -0.125. The van der Waals surface area contributed by atoms with E-state index in [1.54, 1.807) is 0 Å². The van der Waals surface area contributed by atoms with Crippen LogP contribution in [0.25, 0.3) is 6.08 Å². The molecule has 1 aromatic carbocycles. The van der Waals surface area contributed by atoms with E-state index >= 15 is 0 Å². The Balaban J connectivity index is 1.79. The Morgan fingerprint density at radius 2 is 1.71 bits per heavy atom. The first kappa shape index (κ1) is 17.2. The van der Waals surface area contributed by atoms with E-state index < -0.39 is 0 Å². The van der Waals surface area contributed by atoms with Crippen LogP contribution in [-0.2, 0) is 10.2 Å². The smallest absolute Gasteiger partial charge is 0.165 e. The fourth-order valence-corrected chi connectivity index (χ4v) is 4.48. The molecule has 2 aliphatic carbocycles. The lowest BCUT2D eigenvalue weighted by atomic mass is 9.70. The standard InChI is InChI=1S/C23H30O/c1-21(2,3)17-12-10-16(11-13-17)8-7-9-18-19-14-15-23(6,20(18)24)22(19,4)5/h7-13,19H,14-15H2,1-6H3/b8-7+,18-9+/t19-,23+/m1/s1. The van der Waals surface area contributed by atoms with Gasteiger partial charge >= 0.3 is 0 Å². The molecular weight excluding hydrogens is 292 g/mol. The highest BCUT2D eigenvalue weighted by Gasteiger charge is 2.63. The van der Waals surface area contributed by atoms with Crippen molar-refractivity contribution >= 4 is 11.9 Å². The van der Waals surface area contributed by atoms with Gasteiger partial charge in [0, 0.05) is 5.41 Å². The summed E-state index contributed by atoms with van der Waals surface area (Å²) in [5.41, 5.74) is 3.68. The fraction of sp³-hybridized carbons (Fsp3) is 0.522. The van der Waals surface area contributed by atoms with E-state index in [1.807, 2.05) is 0 Å². The van der Waals surface area contributed by atoms with Gasteiger partial charge in [-0.15, -0.1) is 0 Å². The van der Waals surface area contributed by atoms with E-state index in [9.17, 15) is 4.79 Å². The maximum absolute atomic E-state index is 12.8. The number of hydrogen-bond acceptors (Lipinski definition) is 1. The molecule has 3 rings (SSSR count). The van der Waals surface area contributed by atoms with Crippen LogP contribution < -0.4 is 0 Å². The van der Waals surface area contributed by atoms with Crippen molar-refractivity contribution in [1.29, 1.82) is 0 Å².